The Labute approximate surface area is 177 Å². The van der Waals surface area contributed by atoms with Crippen molar-refractivity contribution in [3.8, 4) is 11.5 Å². The number of carbonyl (C=O) groups is 2. The second-order valence-electron chi connectivity index (χ2n) is 6.50. The molecule has 1 saturated heterocycles. The van der Waals surface area contributed by atoms with Crippen LogP contribution in [0.15, 0.2) is 23.8 Å². The lowest BCUT2D eigenvalue weighted by molar-refractivity contribution is 0.0278. The molecule has 2 heterocycles. The third-order valence-electron chi connectivity index (χ3n) is 5.07. The highest BCUT2D eigenvalue weighted by atomic mass is 33.1. The van der Waals surface area contributed by atoms with Crippen molar-refractivity contribution in [2.75, 3.05) is 37.9 Å². The van der Waals surface area contributed by atoms with Gasteiger partial charge in [0.1, 0.15) is 5.94 Å². The van der Waals surface area contributed by atoms with Gasteiger partial charge in [-0.2, -0.15) is 0 Å². The smallest absolute Gasteiger partial charge is 0.417 e. The highest BCUT2D eigenvalue weighted by Gasteiger charge is 2.47. The number of ether oxygens (including phenoxy) is 3. The van der Waals surface area contributed by atoms with Gasteiger partial charge < -0.3 is 24.2 Å². The Morgan fingerprint density at radius 3 is 2.76 bits per heavy atom. The van der Waals surface area contributed by atoms with Gasteiger partial charge in [-0.1, -0.05) is 33.2 Å². The molecule has 29 heavy (non-hydrogen) atoms. The zero-order valence-electron chi connectivity index (χ0n) is 16.7. The van der Waals surface area contributed by atoms with Gasteiger partial charge in [-0.3, -0.25) is 4.79 Å². The lowest BCUT2D eigenvalue weighted by Gasteiger charge is -2.34. The molecule has 1 aromatic rings. The van der Waals surface area contributed by atoms with Gasteiger partial charge in [0.05, 0.1) is 24.4 Å². The average molecular weight is 441 g/mol. The van der Waals surface area contributed by atoms with Gasteiger partial charge in [-0.05, 0) is 25.7 Å². The topological polar surface area (TPSA) is 88.5 Å². The van der Waals surface area contributed by atoms with Crippen molar-refractivity contribution in [3.63, 3.8) is 0 Å². The number of benzene rings is 1. The summed E-state index contributed by atoms with van der Waals surface area (Å²) in [7, 11) is 5.75. The Bertz CT molecular complexity index is 831. The minimum Gasteiger partial charge on any atom is -0.504 e. The Morgan fingerprint density at radius 1 is 1.38 bits per heavy atom. The molecule has 1 fully saturated rings. The average Bonchev–Trinajstić information content (AvgIpc) is 3.12. The number of phenolic OH excluding ortho intramolecular Hbond substituents is 1. The SMILES string of the molecule is C/C=C1\C[C@H]2C(OC)N(C(=O)OCSSC)c3cc(O)c(OC)cc3C(=O)N2C1. The van der Waals surface area contributed by atoms with Crippen molar-refractivity contribution < 1.29 is 28.9 Å². The van der Waals surface area contributed by atoms with E-state index in [1.54, 1.807) is 4.90 Å². The zero-order chi connectivity index (χ0) is 21.1. The van der Waals surface area contributed by atoms with E-state index >= 15 is 0 Å². The molecule has 1 unspecified atom stereocenters. The monoisotopic (exact) mass is 440 g/mol. The van der Waals surface area contributed by atoms with Crippen molar-refractivity contribution in [1.82, 2.24) is 4.90 Å². The second-order valence-corrected chi connectivity index (χ2v) is 9.01. The number of hydrogen-bond donors (Lipinski definition) is 1. The number of phenols is 1. The molecule has 2 atom stereocenters. The van der Waals surface area contributed by atoms with E-state index in [0.717, 1.165) is 5.57 Å². The maximum absolute atomic E-state index is 13.4. The fourth-order valence-electron chi connectivity index (χ4n) is 3.68. The number of carbonyl (C=O) groups excluding carboxylic acids is 2. The molecule has 10 heteroatoms. The van der Waals surface area contributed by atoms with Gasteiger partial charge in [-0.25, -0.2) is 9.69 Å². The molecule has 2 aliphatic rings. The first-order valence-corrected chi connectivity index (χ1v) is 11.7. The van der Waals surface area contributed by atoms with E-state index in [-0.39, 0.29) is 40.6 Å². The van der Waals surface area contributed by atoms with Crippen molar-refractivity contribution in [2.45, 2.75) is 25.6 Å². The molecule has 0 bridgehead atoms. The molecule has 0 aliphatic carbocycles. The van der Waals surface area contributed by atoms with Crippen LogP contribution in [-0.2, 0) is 9.47 Å². The quantitative estimate of drug-likeness (QED) is 0.322. The van der Waals surface area contributed by atoms with Crippen molar-refractivity contribution >= 4 is 39.3 Å². The fourth-order valence-corrected chi connectivity index (χ4v) is 4.36. The van der Waals surface area contributed by atoms with E-state index in [4.69, 9.17) is 14.2 Å². The molecule has 3 rings (SSSR count). The number of hydrogen-bond acceptors (Lipinski definition) is 8. The Hall–Kier alpha value is -2.04. The van der Waals surface area contributed by atoms with E-state index in [1.165, 1.54) is 52.8 Å². The first-order valence-electron chi connectivity index (χ1n) is 8.97. The molecular formula is C19H24N2O6S2. The summed E-state index contributed by atoms with van der Waals surface area (Å²) in [6, 6.07) is 2.42. The number of fused-ring (bicyclic) bond motifs is 2. The number of aromatic hydroxyl groups is 1. The largest absolute Gasteiger partial charge is 0.504 e. The first-order chi connectivity index (χ1) is 14.0. The van der Waals surface area contributed by atoms with E-state index in [9.17, 15) is 14.7 Å². The van der Waals surface area contributed by atoms with Gasteiger partial charge in [0.25, 0.3) is 5.91 Å². The summed E-state index contributed by atoms with van der Waals surface area (Å²) in [4.78, 5) is 29.4. The summed E-state index contributed by atoms with van der Waals surface area (Å²) >= 11 is 0. The van der Waals surface area contributed by atoms with E-state index in [2.05, 4.69) is 0 Å². The summed E-state index contributed by atoms with van der Waals surface area (Å²) < 4.78 is 16.3. The summed E-state index contributed by atoms with van der Waals surface area (Å²) in [5.41, 5.74) is 1.57. The van der Waals surface area contributed by atoms with E-state index < -0.39 is 12.3 Å². The number of nitrogens with zero attached hydrogens (tertiary/aromatic N) is 2. The lowest BCUT2D eigenvalue weighted by Crippen LogP contribution is -2.52. The van der Waals surface area contributed by atoms with Crippen LogP contribution in [0.1, 0.15) is 23.7 Å². The minimum absolute atomic E-state index is 0.146. The Kier molecular flexibility index (Phi) is 6.86. The molecule has 8 nitrogen and oxygen atoms in total. The van der Waals surface area contributed by atoms with Crippen LogP contribution in [0, 0.1) is 0 Å². The van der Waals surface area contributed by atoms with Crippen LogP contribution in [0.3, 0.4) is 0 Å². The van der Waals surface area contributed by atoms with Gasteiger partial charge >= 0.3 is 6.09 Å². The van der Waals surface area contributed by atoms with Crippen LogP contribution in [0.2, 0.25) is 0 Å². The van der Waals surface area contributed by atoms with Crippen LogP contribution < -0.4 is 9.64 Å². The maximum atomic E-state index is 13.4. The zero-order valence-corrected chi connectivity index (χ0v) is 18.3. The molecule has 0 radical (unpaired) electrons. The van der Waals surface area contributed by atoms with Gasteiger partial charge in [-0.15, -0.1) is 0 Å². The molecule has 0 spiro atoms. The molecular weight excluding hydrogens is 416 g/mol. The van der Waals surface area contributed by atoms with Crippen LogP contribution in [-0.4, -0.2) is 67.2 Å². The highest BCUT2D eigenvalue weighted by molar-refractivity contribution is 8.76. The standard InChI is InChI=1S/C19H24N2O6S2/c1-5-11-6-14-18(26-3)21(19(24)27-10-29-28-4)13-8-15(22)16(25-2)7-12(13)17(23)20(14)9-11/h5,7-8,14,18,22H,6,9-10H2,1-4H3/b11-5+/t14-,18?/m0/s1. The number of allylic oxidation sites excluding steroid dienone is 1. The van der Waals surface area contributed by atoms with Crippen molar-refractivity contribution in [1.29, 1.82) is 0 Å². The summed E-state index contributed by atoms with van der Waals surface area (Å²) in [6.07, 6.45) is 3.03. The lowest BCUT2D eigenvalue weighted by atomic mass is 10.1. The first kappa shape index (κ1) is 21.7. The van der Waals surface area contributed by atoms with Gasteiger partial charge in [0.15, 0.2) is 17.7 Å². The molecule has 158 valence electrons. The third kappa shape index (κ3) is 4.01. The predicted molar refractivity (Wildman–Crippen MR) is 114 cm³/mol. The van der Waals surface area contributed by atoms with E-state index in [0.29, 0.717) is 13.0 Å². The summed E-state index contributed by atoms with van der Waals surface area (Å²) in [6.45, 7) is 2.38. The van der Waals surface area contributed by atoms with Gasteiger partial charge in [0.2, 0.25) is 0 Å². The van der Waals surface area contributed by atoms with Crippen LogP contribution >= 0.6 is 21.6 Å². The number of methoxy groups -OCH3 is 2. The predicted octanol–water partition coefficient (Wildman–Crippen LogP) is 3.46. The Balaban J connectivity index is 2.14. The molecule has 2 aliphatic heterocycles. The maximum Gasteiger partial charge on any atom is 0.417 e. The molecule has 1 aromatic carbocycles. The van der Waals surface area contributed by atoms with Crippen LogP contribution in [0.25, 0.3) is 0 Å². The highest BCUT2D eigenvalue weighted by Crippen LogP contribution is 2.42. The molecule has 2 amide bonds. The van der Waals surface area contributed by atoms with Crippen molar-refractivity contribution in [3.05, 3.63) is 29.3 Å². The molecule has 0 saturated carbocycles. The van der Waals surface area contributed by atoms with Crippen LogP contribution in [0.4, 0.5) is 10.5 Å². The number of rotatable bonds is 5. The number of anilines is 1. The summed E-state index contributed by atoms with van der Waals surface area (Å²) in [5, 5.41) is 10.3. The van der Waals surface area contributed by atoms with E-state index in [1.807, 2.05) is 19.3 Å². The van der Waals surface area contributed by atoms with Crippen LogP contribution in [0.5, 0.6) is 11.5 Å². The summed E-state index contributed by atoms with van der Waals surface area (Å²) in [5.74, 6) is -0.133. The fraction of sp³-hybridized carbons (Fsp3) is 0.474. The molecule has 1 N–H and O–H groups in total. The van der Waals surface area contributed by atoms with Crippen molar-refractivity contribution in [2.24, 2.45) is 0 Å². The Morgan fingerprint density at radius 2 is 2.14 bits per heavy atom. The third-order valence-corrected chi connectivity index (χ3v) is 6.52. The second kappa shape index (κ2) is 9.19. The number of amides is 2. The minimum atomic E-state index is -0.766. The normalized spacial score (nSPS) is 22.3. The molecule has 0 aromatic heterocycles. The van der Waals surface area contributed by atoms with Gasteiger partial charge in [0, 0.05) is 19.7 Å².